The summed E-state index contributed by atoms with van der Waals surface area (Å²) in [6.07, 6.45) is 5.58. The minimum absolute atomic E-state index is 0.00634. The summed E-state index contributed by atoms with van der Waals surface area (Å²) in [6.45, 7) is 4.49. The number of benzene rings is 1. The molecule has 4 heterocycles. The second kappa shape index (κ2) is 4.83. The number of Topliss-reactive ketones (excluding diaryl/α,β-unsaturated/α-hetero) is 1. The van der Waals surface area contributed by atoms with Gasteiger partial charge in [0.15, 0.2) is 5.78 Å². The predicted octanol–water partition coefficient (Wildman–Crippen LogP) is 3.07. The van der Waals surface area contributed by atoms with Crippen molar-refractivity contribution >= 4 is 11.5 Å². The molecular weight excluding hydrogens is 300 g/mol. The van der Waals surface area contributed by atoms with Crippen LogP contribution in [0.4, 0.5) is 5.69 Å². The maximum atomic E-state index is 13.7. The van der Waals surface area contributed by atoms with E-state index in [-0.39, 0.29) is 11.6 Å². The van der Waals surface area contributed by atoms with Gasteiger partial charge in [-0.2, -0.15) is 0 Å². The van der Waals surface area contributed by atoms with E-state index in [1.807, 2.05) is 25.3 Å². The van der Waals surface area contributed by atoms with Crippen LogP contribution in [0.5, 0.6) is 0 Å². The van der Waals surface area contributed by atoms with E-state index in [1.54, 1.807) is 0 Å². The van der Waals surface area contributed by atoms with Gasteiger partial charge in [0, 0.05) is 25.3 Å². The van der Waals surface area contributed by atoms with Crippen LogP contribution in [-0.2, 0) is 4.74 Å². The van der Waals surface area contributed by atoms with Gasteiger partial charge in [-0.25, -0.2) is 0 Å². The second-order valence-corrected chi connectivity index (χ2v) is 8.04. The maximum Gasteiger partial charge on any atom is 0.192 e. The van der Waals surface area contributed by atoms with Crippen molar-refractivity contribution in [2.45, 2.75) is 56.8 Å². The van der Waals surface area contributed by atoms with Crippen LogP contribution in [0.25, 0.3) is 0 Å². The smallest absolute Gasteiger partial charge is 0.192 e. The lowest BCUT2D eigenvalue weighted by molar-refractivity contribution is -0.0743. The molecule has 1 aromatic rings. The number of rotatable bonds is 2. The van der Waals surface area contributed by atoms with Crippen molar-refractivity contribution in [1.82, 2.24) is 4.90 Å². The SMILES string of the molecule is CC[C@@]12CCCN3CC[C@]4(C(=O)c5ccccc5N4[C@H](OC)C1)[C@H]32. The largest absolute Gasteiger partial charge is 0.362 e. The number of fused-ring (bicyclic) bond motifs is 2. The normalized spacial score (nSPS) is 40.4. The monoisotopic (exact) mass is 326 g/mol. The number of methoxy groups -OCH3 is 1. The Morgan fingerprint density at radius 3 is 2.88 bits per heavy atom. The number of piperidine rings is 2. The third-order valence-corrected chi connectivity index (χ3v) is 7.37. The van der Waals surface area contributed by atoms with Crippen LogP contribution in [0.15, 0.2) is 24.3 Å². The van der Waals surface area contributed by atoms with Crippen molar-refractivity contribution in [2.24, 2.45) is 5.41 Å². The Morgan fingerprint density at radius 2 is 2.08 bits per heavy atom. The number of carbonyl (C=O) groups is 1. The molecule has 0 radical (unpaired) electrons. The highest BCUT2D eigenvalue weighted by Gasteiger charge is 2.70. The van der Waals surface area contributed by atoms with E-state index in [1.165, 1.54) is 12.8 Å². The van der Waals surface area contributed by atoms with E-state index in [0.29, 0.717) is 11.8 Å². The molecular formula is C20H26N2O2. The molecule has 4 aliphatic heterocycles. The van der Waals surface area contributed by atoms with E-state index in [0.717, 1.165) is 43.6 Å². The molecule has 0 N–H and O–H groups in total. The molecule has 4 heteroatoms. The summed E-state index contributed by atoms with van der Waals surface area (Å²) in [5, 5.41) is 0. The van der Waals surface area contributed by atoms with Crippen molar-refractivity contribution in [2.75, 3.05) is 25.1 Å². The summed E-state index contributed by atoms with van der Waals surface area (Å²) in [5.41, 5.74) is 1.80. The summed E-state index contributed by atoms with van der Waals surface area (Å²) < 4.78 is 5.99. The molecule has 0 amide bonds. The van der Waals surface area contributed by atoms with Gasteiger partial charge in [-0.1, -0.05) is 19.1 Å². The molecule has 5 rings (SSSR count). The Morgan fingerprint density at radius 1 is 1.25 bits per heavy atom. The average Bonchev–Trinajstić information content (AvgIpc) is 3.14. The summed E-state index contributed by atoms with van der Waals surface area (Å²) in [4.78, 5) is 18.7. The first kappa shape index (κ1) is 14.9. The summed E-state index contributed by atoms with van der Waals surface area (Å²) in [6, 6.07) is 8.51. The van der Waals surface area contributed by atoms with Gasteiger partial charge < -0.3 is 9.64 Å². The van der Waals surface area contributed by atoms with Crippen molar-refractivity contribution < 1.29 is 9.53 Å². The zero-order valence-corrected chi connectivity index (χ0v) is 14.6. The molecule has 4 atom stereocenters. The van der Waals surface area contributed by atoms with Crippen molar-refractivity contribution in [1.29, 1.82) is 0 Å². The first-order valence-electron chi connectivity index (χ1n) is 9.38. The number of hydrogen-bond donors (Lipinski definition) is 0. The van der Waals surface area contributed by atoms with Gasteiger partial charge in [-0.05, 0) is 56.2 Å². The van der Waals surface area contributed by atoms with Crippen LogP contribution in [0.2, 0.25) is 0 Å². The fourth-order valence-electron chi connectivity index (χ4n) is 6.48. The number of carbonyl (C=O) groups excluding carboxylic acids is 1. The van der Waals surface area contributed by atoms with E-state index >= 15 is 0 Å². The van der Waals surface area contributed by atoms with Crippen LogP contribution in [0.3, 0.4) is 0 Å². The molecule has 0 saturated carbocycles. The van der Waals surface area contributed by atoms with Gasteiger partial charge >= 0.3 is 0 Å². The fourth-order valence-corrected chi connectivity index (χ4v) is 6.48. The zero-order valence-electron chi connectivity index (χ0n) is 14.6. The van der Waals surface area contributed by atoms with Crippen LogP contribution < -0.4 is 4.90 Å². The summed E-state index contributed by atoms with van der Waals surface area (Å²) in [7, 11) is 1.81. The van der Waals surface area contributed by atoms with Crippen molar-refractivity contribution in [3.63, 3.8) is 0 Å². The van der Waals surface area contributed by atoms with E-state index < -0.39 is 5.54 Å². The van der Waals surface area contributed by atoms with Gasteiger partial charge in [0.05, 0.1) is 5.69 Å². The van der Waals surface area contributed by atoms with Gasteiger partial charge in [0.25, 0.3) is 0 Å². The average molecular weight is 326 g/mol. The van der Waals surface area contributed by atoms with Crippen LogP contribution >= 0.6 is 0 Å². The van der Waals surface area contributed by atoms with E-state index in [9.17, 15) is 4.79 Å². The zero-order chi connectivity index (χ0) is 16.5. The topological polar surface area (TPSA) is 32.8 Å². The van der Waals surface area contributed by atoms with Gasteiger partial charge in [0.1, 0.15) is 11.8 Å². The molecule has 0 aromatic heterocycles. The Labute approximate surface area is 143 Å². The van der Waals surface area contributed by atoms with Gasteiger partial charge in [-0.15, -0.1) is 0 Å². The number of nitrogens with zero attached hydrogens (tertiary/aromatic N) is 2. The number of anilines is 1. The Kier molecular flexibility index (Phi) is 3.00. The van der Waals surface area contributed by atoms with Crippen molar-refractivity contribution in [3.8, 4) is 0 Å². The summed E-state index contributed by atoms with van der Waals surface area (Å²) in [5.74, 6) is 0.340. The lowest BCUT2D eigenvalue weighted by Crippen LogP contribution is -2.72. The second-order valence-electron chi connectivity index (χ2n) is 8.04. The highest BCUT2D eigenvalue weighted by molar-refractivity contribution is 6.15. The van der Waals surface area contributed by atoms with Crippen LogP contribution in [0.1, 0.15) is 49.4 Å². The van der Waals surface area contributed by atoms with E-state index in [4.69, 9.17) is 4.74 Å². The van der Waals surface area contributed by atoms with Gasteiger partial charge in [0.2, 0.25) is 0 Å². The lowest BCUT2D eigenvalue weighted by Gasteiger charge is -2.60. The lowest BCUT2D eigenvalue weighted by atomic mass is 9.59. The first-order valence-corrected chi connectivity index (χ1v) is 9.38. The molecule has 0 unspecified atom stereocenters. The molecule has 4 nitrogen and oxygen atoms in total. The van der Waals surface area contributed by atoms with Crippen LogP contribution in [-0.4, -0.2) is 48.7 Å². The summed E-state index contributed by atoms with van der Waals surface area (Å²) >= 11 is 0. The number of ether oxygens (including phenoxy) is 1. The molecule has 0 aliphatic carbocycles. The van der Waals surface area contributed by atoms with Crippen LogP contribution in [0, 0.1) is 5.41 Å². The molecule has 1 spiro atoms. The highest BCUT2D eigenvalue weighted by atomic mass is 16.5. The quantitative estimate of drug-likeness (QED) is 0.836. The minimum Gasteiger partial charge on any atom is -0.362 e. The molecule has 0 bridgehead atoms. The molecule has 1 aromatic carbocycles. The number of para-hydroxylation sites is 1. The maximum absolute atomic E-state index is 13.7. The van der Waals surface area contributed by atoms with E-state index in [2.05, 4.69) is 22.8 Å². The number of hydrogen-bond acceptors (Lipinski definition) is 4. The third kappa shape index (κ3) is 1.50. The minimum atomic E-state index is -0.404. The Hall–Kier alpha value is -1.39. The van der Waals surface area contributed by atoms with Gasteiger partial charge in [-0.3, -0.25) is 9.69 Å². The number of ketones is 1. The Balaban J connectivity index is 1.75. The molecule has 3 fully saturated rings. The standard InChI is InChI=1S/C20H26N2O2/c1-3-19-9-6-11-21-12-10-20(18(19)21)17(23)14-7-4-5-8-15(14)22(20)16(13-19)24-2/h4-5,7-8,16,18H,3,6,9-13H2,1-2H3/t16-,18-,19-,20+/m1/s1. The highest BCUT2D eigenvalue weighted by Crippen LogP contribution is 2.61. The molecule has 128 valence electrons. The Bertz CT molecular complexity index is 705. The van der Waals surface area contributed by atoms with Crippen molar-refractivity contribution in [3.05, 3.63) is 29.8 Å². The fraction of sp³-hybridized carbons (Fsp3) is 0.650. The molecule has 3 saturated heterocycles. The first-order chi connectivity index (χ1) is 11.7. The third-order valence-electron chi connectivity index (χ3n) is 7.37. The predicted molar refractivity (Wildman–Crippen MR) is 93.3 cm³/mol. The molecule has 4 aliphatic rings. The molecule has 24 heavy (non-hydrogen) atoms.